The van der Waals surface area contributed by atoms with E-state index in [1.165, 1.54) is 11.8 Å². The van der Waals surface area contributed by atoms with Gasteiger partial charge in [0.15, 0.2) is 9.93 Å². The smallest absolute Gasteiger partial charge is 0.189 e. The molecule has 0 aliphatic carbocycles. The molecule has 0 saturated carbocycles. The van der Waals surface area contributed by atoms with Crippen LogP contribution in [-0.2, 0) is 0 Å². The molecule has 2 N–H and O–H groups in total. The fraction of sp³-hybridized carbons (Fsp3) is 0.111. The lowest BCUT2D eigenvalue weighted by molar-refractivity contribution is 0.977. The van der Waals surface area contributed by atoms with E-state index in [1.807, 2.05) is 0 Å². The second-order valence-corrected chi connectivity index (χ2v) is 4.73. The first kappa shape index (κ1) is 11.4. The summed E-state index contributed by atoms with van der Waals surface area (Å²) < 4.78 is 1.02. The van der Waals surface area contributed by atoms with E-state index in [9.17, 15) is 0 Å². The fourth-order valence-corrected chi connectivity index (χ4v) is 2.20. The molecule has 0 aliphatic heterocycles. The molecule has 82 valence electrons. The lowest BCUT2D eigenvalue weighted by atomic mass is 10.4. The number of fused-ring (bicyclic) bond motifs is 1. The number of H-pyrrole nitrogens is 2. The second-order valence-electron chi connectivity index (χ2n) is 2.92. The van der Waals surface area contributed by atoms with E-state index < -0.39 is 0 Å². The molecular formula is C9H8N4S3. The first-order valence-electron chi connectivity index (χ1n) is 4.44. The number of thioether (sulfide) groups is 1. The third-order valence-corrected chi connectivity index (χ3v) is 3.18. The summed E-state index contributed by atoms with van der Waals surface area (Å²) in [4.78, 5) is 14.3. The fourth-order valence-electron chi connectivity index (χ4n) is 1.14. The van der Waals surface area contributed by atoms with Gasteiger partial charge in [-0.05, 0) is 12.2 Å². The Labute approximate surface area is 106 Å². The third kappa shape index (κ3) is 2.37. The molecule has 2 rings (SSSR count). The van der Waals surface area contributed by atoms with E-state index in [-0.39, 0.29) is 0 Å². The Morgan fingerprint density at radius 2 is 2.25 bits per heavy atom. The maximum Gasteiger partial charge on any atom is 0.189 e. The van der Waals surface area contributed by atoms with Crippen molar-refractivity contribution in [3.8, 4) is 0 Å². The maximum absolute atomic E-state index is 5.13. The van der Waals surface area contributed by atoms with Crippen LogP contribution in [0.1, 0.15) is 0 Å². The molecule has 0 atom stereocenters. The molecule has 0 aliphatic rings. The van der Waals surface area contributed by atoms with Crippen molar-refractivity contribution in [1.29, 1.82) is 0 Å². The normalized spacial score (nSPS) is 10.5. The van der Waals surface area contributed by atoms with Crippen molar-refractivity contribution >= 4 is 47.2 Å². The van der Waals surface area contributed by atoms with Gasteiger partial charge in [-0.25, -0.2) is 9.97 Å². The highest BCUT2D eigenvalue weighted by atomic mass is 32.2. The van der Waals surface area contributed by atoms with E-state index in [0.29, 0.717) is 20.2 Å². The van der Waals surface area contributed by atoms with E-state index in [1.54, 1.807) is 12.3 Å². The second kappa shape index (κ2) is 4.86. The van der Waals surface area contributed by atoms with Gasteiger partial charge in [-0.3, -0.25) is 0 Å². The average molecular weight is 268 g/mol. The van der Waals surface area contributed by atoms with Crippen molar-refractivity contribution in [2.24, 2.45) is 0 Å². The van der Waals surface area contributed by atoms with Crippen LogP contribution in [0.5, 0.6) is 0 Å². The first-order chi connectivity index (χ1) is 7.70. The molecule has 0 amide bonds. The zero-order valence-corrected chi connectivity index (χ0v) is 10.6. The Balaban J connectivity index is 2.57. The number of aromatic amines is 2. The van der Waals surface area contributed by atoms with E-state index in [2.05, 4.69) is 26.5 Å². The topological polar surface area (TPSA) is 57.4 Å². The maximum atomic E-state index is 5.13. The van der Waals surface area contributed by atoms with Crippen molar-refractivity contribution in [3.63, 3.8) is 0 Å². The molecule has 2 aromatic heterocycles. The van der Waals surface area contributed by atoms with E-state index in [0.717, 1.165) is 11.1 Å². The first-order valence-corrected chi connectivity index (χ1v) is 6.24. The molecule has 2 heterocycles. The minimum absolute atomic E-state index is 0.468. The molecule has 0 radical (unpaired) electrons. The summed E-state index contributed by atoms with van der Waals surface area (Å²) in [6, 6.07) is 0. The highest BCUT2D eigenvalue weighted by Crippen LogP contribution is 2.15. The van der Waals surface area contributed by atoms with Gasteiger partial charge in [0, 0.05) is 11.9 Å². The molecule has 16 heavy (non-hydrogen) atoms. The van der Waals surface area contributed by atoms with Gasteiger partial charge in [0.1, 0.15) is 10.3 Å². The lowest BCUT2D eigenvalue weighted by Gasteiger charge is -2.00. The number of nitrogens with one attached hydrogen (secondary N) is 2. The van der Waals surface area contributed by atoms with E-state index >= 15 is 0 Å². The predicted octanol–water partition coefficient (Wildman–Crippen LogP) is 3.02. The summed E-state index contributed by atoms with van der Waals surface area (Å²) in [6.45, 7) is 3.64. The van der Waals surface area contributed by atoms with Crippen LogP contribution in [0.3, 0.4) is 0 Å². The highest BCUT2D eigenvalue weighted by molar-refractivity contribution is 7.99. The van der Waals surface area contributed by atoms with Crippen LogP contribution in [0.4, 0.5) is 0 Å². The Hall–Kier alpha value is -1.05. The van der Waals surface area contributed by atoms with Crippen LogP contribution in [-0.4, -0.2) is 25.7 Å². The van der Waals surface area contributed by atoms with Crippen LogP contribution in [0.2, 0.25) is 0 Å². The van der Waals surface area contributed by atoms with Crippen LogP contribution in [0, 0.1) is 9.41 Å². The predicted molar refractivity (Wildman–Crippen MR) is 70.8 cm³/mol. The quantitative estimate of drug-likeness (QED) is 0.388. The summed E-state index contributed by atoms with van der Waals surface area (Å²) in [7, 11) is 0. The molecule has 0 unspecified atom stereocenters. The summed E-state index contributed by atoms with van der Waals surface area (Å²) in [5, 5.41) is 1.45. The zero-order valence-electron chi connectivity index (χ0n) is 8.19. The summed E-state index contributed by atoms with van der Waals surface area (Å²) in [5.41, 5.74) is 0.662. The standard InChI is InChI=1S/C9H8N4S3/c1-2-3-16-9-10-4-5-6(12-9)11-8(15)13-7(5)14/h2,4H,1,3H2,(H2,10,11,12,13,14,15). The van der Waals surface area contributed by atoms with Gasteiger partial charge in [0.05, 0.1) is 5.39 Å². The van der Waals surface area contributed by atoms with Crippen molar-refractivity contribution < 1.29 is 0 Å². The monoisotopic (exact) mass is 268 g/mol. The van der Waals surface area contributed by atoms with Gasteiger partial charge in [0.25, 0.3) is 0 Å². The summed E-state index contributed by atoms with van der Waals surface area (Å²) >= 11 is 11.6. The SMILES string of the molecule is C=CCSc1ncc2c(=S)[nH]c(=S)[nH]c2n1. The molecule has 0 fully saturated rings. The van der Waals surface area contributed by atoms with Crippen LogP contribution in [0.25, 0.3) is 11.0 Å². The van der Waals surface area contributed by atoms with Crippen molar-refractivity contribution in [1.82, 2.24) is 19.9 Å². The molecular weight excluding hydrogens is 260 g/mol. The number of hydrogen-bond donors (Lipinski definition) is 2. The summed E-state index contributed by atoms with van der Waals surface area (Å²) in [6.07, 6.45) is 3.50. The van der Waals surface area contributed by atoms with Gasteiger partial charge in [0.2, 0.25) is 0 Å². The van der Waals surface area contributed by atoms with Crippen LogP contribution >= 0.6 is 36.2 Å². The molecule has 0 aromatic carbocycles. The molecule has 0 spiro atoms. The summed E-state index contributed by atoms with van der Waals surface area (Å²) in [5.74, 6) is 0.770. The minimum atomic E-state index is 0.468. The van der Waals surface area contributed by atoms with E-state index in [4.69, 9.17) is 24.4 Å². The zero-order chi connectivity index (χ0) is 11.5. The molecule has 0 bridgehead atoms. The van der Waals surface area contributed by atoms with Gasteiger partial charge in [-0.15, -0.1) is 6.58 Å². The largest absolute Gasteiger partial charge is 0.323 e. The molecule has 4 nitrogen and oxygen atoms in total. The van der Waals surface area contributed by atoms with Crippen molar-refractivity contribution in [2.45, 2.75) is 5.16 Å². The number of nitrogens with zero attached hydrogens (tertiary/aromatic N) is 2. The minimum Gasteiger partial charge on any atom is -0.323 e. The Bertz CT molecular complexity index is 643. The van der Waals surface area contributed by atoms with Crippen molar-refractivity contribution in [2.75, 3.05) is 5.75 Å². The Morgan fingerprint density at radius 3 is 3.00 bits per heavy atom. The third-order valence-electron chi connectivity index (χ3n) is 1.80. The molecule has 2 aromatic rings. The lowest BCUT2D eigenvalue weighted by Crippen LogP contribution is -1.93. The Morgan fingerprint density at radius 1 is 1.44 bits per heavy atom. The number of aromatic nitrogens is 4. The average Bonchev–Trinajstić information content (AvgIpc) is 2.25. The van der Waals surface area contributed by atoms with Crippen LogP contribution in [0.15, 0.2) is 24.0 Å². The number of hydrogen-bond acceptors (Lipinski definition) is 5. The van der Waals surface area contributed by atoms with Crippen LogP contribution < -0.4 is 0 Å². The van der Waals surface area contributed by atoms with Crippen molar-refractivity contribution in [3.05, 3.63) is 28.3 Å². The highest BCUT2D eigenvalue weighted by Gasteiger charge is 2.01. The Kier molecular flexibility index (Phi) is 3.47. The van der Waals surface area contributed by atoms with Gasteiger partial charge in [-0.2, -0.15) is 0 Å². The van der Waals surface area contributed by atoms with Gasteiger partial charge >= 0.3 is 0 Å². The van der Waals surface area contributed by atoms with Gasteiger partial charge < -0.3 is 9.97 Å². The molecule has 0 saturated heterocycles. The number of rotatable bonds is 3. The molecule has 7 heteroatoms. The van der Waals surface area contributed by atoms with Gasteiger partial charge in [-0.1, -0.05) is 30.1 Å².